The van der Waals surface area contributed by atoms with Gasteiger partial charge in [0, 0.05) is 41.8 Å². The molecule has 0 aliphatic carbocycles. The van der Waals surface area contributed by atoms with Crippen LogP contribution in [0.25, 0.3) is 5.65 Å². The monoisotopic (exact) mass is 390 g/mol. The van der Waals surface area contributed by atoms with E-state index in [2.05, 4.69) is 51.3 Å². The van der Waals surface area contributed by atoms with Gasteiger partial charge in [-0.3, -0.25) is 4.79 Å². The molecular formula is C16H15BrN4OS. The number of halogens is 1. The Labute approximate surface area is 146 Å². The van der Waals surface area contributed by atoms with Crippen molar-refractivity contribution in [3.05, 3.63) is 50.5 Å². The zero-order valence-corrected chi connectivity index (χ0v) is 15.2. The lowest BCUT2D eigenvalue weighted by Gasteiger charge is -2.41. The summed E-state index contributed by atoms with van der Waals surface area (Å²) >= 11 is 5.14. The molecule has 3 aromatic rings. The number of rotatable bonds is 1. The van der Waals surface area contributed by atoms with E-state index in [1.54, 1.807) is 34.3 Å². The van der Waals surface area contributed by atoms with Crippen LogP contribution in [0, 0.1) is 0 Å². The van der Waals surface area contributed by atoms with Crippen molar-refractivity contribution in [2.75, 3.05) is 0 Å². The molecule has 0 saturated carbocycles. The Morgan fingerprint density at radius 1 is 1.43 bits per heavy atom. The Balaban J connectivity index is 1.72. The Morgan fingerprint density at radius 3 is 3.09 bits per heavy atom. The summed E-state index contributed by atoms with van der Waals surface area (Å²) in [6.07, 6.45) is 4.38. The van der Waals surface area contributed by atoms with Crippen molar-refractivity contribution in [1.82, 2.24) is 19.5 Å². The van der Waals surface area contributed by atoms with Crippen molar-refractivity contribution in [1.29, 1.82) is 0 Å². The van der Waals surface area contributed by atoms with E-state index < -0.39 is 0 Å². The van der Waals surface area contributed by atoms with E-state index in [0.717, 1.165) is 10.9 Å². The summed E-state index contributed by atoms with van der Waals surface area (Å²) < 4.78 is 2.46. The normalized spacial score (nSPS) is 16.6. The maximum atomic E-state index is 13.0. The predicted octanol–water partition coefficient (Wildman–Crippen LogP) is 3.53. The minimum Gasteiger partial charge on any atom is -0.327 e. The molecule has 4 rings (SSSR count). The highest BCUT2D eigenvalue weighted by atomic mass is 79.9. The third-order valence-electron chi connectivity index (χ3n) is 4.24. The fourth-order valence-corrected chi connectivity index (χ4v) is 4.39. The zero-order valence-electron chi connectivity index (χ0n) is 12.8. The summed E-state index contributed by atoms with van der Waals surface area (Å²) in [5.74, 6) is -0.0477. The van der Waals surface area contributed by atoms with Crippen LogP contribution in [0.15, 0.2) is 34.4 Å². The molecule has 3 aromatic heterocycles. The molecular weight excluding hydrogens is 376 g/mol. The molecule has 23 heavy (non-hydrogen) atoms. The molecule has 0 atom stereocenters. The molecule has 0 aromatic carbocycles. The van der Waals surface area contributed by atoms with Crippen LogP contribution in [0.4, 0.5) is 0 Å². The molecule has 0 fully saturated rings. The summed E-state index contributed by atoms with van der Waals surface area (Å²) in [6.45, 7) is 4.85. The fourth-order valence-electron chi connectivity index (χ4n) is 2.98. The van der Waals surface area contributed by atoms with Gasteiger partial charge in [0.05, 0.1) is 4.47 Å². The van der Waals surface area contributed by atoms with Gasteiger partial charge in [-0.05, 0) is 46.8 Å². The van der Waals surface area contributed by atoms with Crippen molar-refractivity contribution >= 4 is 38.8 Å². The van der Waals surface area contributed by atoms with E-state index in [-0.39, 0.29) is 11.4 Å². The van der Waals surface area contributed by atoms with Crippen molar-refractivity contribution in [3.63, 3.8) is 0 Å². The molecule has 1 amide bonds. The van der Waals surface area contributed by atoms with Gasteiger partial charge in [0.15, 0.2) is 11.3 Å². The first-order valence-corrected chi connectivity index (χ1v) is 8.99. The zero-order chi connectivity index (χ0) is 16.2. The van der Waals surface area contributed by atoms with Gasteiger partial charge in [-0.25, -0.2) is 9.50 Å². The highest BCUT2D eigenvalue weighted by Gasteiger charge is 2.37. The molecule has 1 aliphatic heterocycles. The number of aromatic nitrogens is 3. The van der Waals surface area contributed by atoms with Crippen LogP contribution in [-0.4, -0.2) is 30.9 Å². The fraction of sp³-hybridized carbons (Fsp3) is 0.312. The largest absolute Gasteiger partial charge is 0.327 e. The van der Waals surface area contributed by atoms with Crippen LogP contribution in [0.2, 0.25) is 0 Å². The van der Waals surface area contributed by atoms with Gasteiger partial charge >= 0.3 is 0 Å². The second-order valence-corrected chi connectivity index (χ2v) is 8.27. The number of hydrogen-bond acceptors (Lipinski definition) is 4. The molecule has 7 heteroatoms. The van der Waals surface area contributed by atoms with Crippen molar-refractivity contribution in [2.45, 2.75) is 32.4 Å². The van der Waals surface area contributed by atoms with Crippen LogP contribution in [-0.2, 0) is 13.0 Å². The topological polar surface area (TPSA) is 50.5 Å². The quantitative estimate of drug-likeness (QED) is 0.638. The molecule has 0 radical (unpaired) electrons. The molecule has 0 unspecified atom stereocenters. The maximum absolute atomic E-state index is 13.0. The molecule has 5 nitrogen and oxygen atoms in total. The van der Waals surface area contributed by atoms with Gasteiger partial charge in [0.1, 0.15) is 0 Å². The van der Waals surface area contributed by atoms with Crippen molar-refractivity contribution < 1.29 is 4.79 Å². The molecule has 0 spiro atoms. The van der Waals surface area contributed by atoms with E-state index in [4.69, 9.17) is 0 Å². The van der Waals surface area contributed by atoms with Gasteiger partial charge in [-0.1, -0.05) is 0 Å². The summed E-state index contributed by atoms with van der Waals surface area (Å²) in [7, 11) is 0. The molecule has 4 heterocycles. The smallest absolute Gasteiger partial charge is 0.275 e. The first-order valence-electron chi connectivity index (χ1n) is 7.32. The van der Waals surface area contributed by atoms with Crippen LogP contribution < -0.4 is 0 Å². The van der Waals surface area contributed by atoms with E-state index >= 15 is 0 Å². The lowest BCUT2D eigenvalue weighted by atomic mass is 9.90. The van der Waals surface area contributed by atoms with Gasteiger partial charge in [0.2, 0.25) is 0 Å². The van der Waals surface area contributed by atoms with E-state index in [0.29, 0.717) is 17.9 Å². The first kappa shape index (κ1) is 14.8. The van der Waals surface area contributed by atoms with Crippen LogP contribution in [0.1, 0.15) is 34.8 Å². The highest BCUT2D eigenvalue weighted by Crippen LogP contribution is 2.34. The minimum atomic E-state index is -0.223. The Morgan fingerprint density at radius 2 is 2.26 bits per heavy atom. The summed E-state index contributed by atoms with van der Waals surface area (Å²) in [6, 6.07) is 3.85. The highest BCUT2D eigenvalue weighted by molar-refractivity contribution is 9.10. The lowest BCUT2D eigenvalue weighted by Crippen LogP contribution is -2.51. The lowest BCUT2D eigenvalue weighted by molar-refractivity contribution is 0.0486. The van der Waals surface area contributed by atoms with E-state index in [9.17, 15) is 4.79 Å². The Bertz CT molecular complexity index is 914. The predicted molar refractivity (Wildman–Crippen MR) is 92.7 cm³/mol. The SMILES string of the molecule is CC1(C)Cc2sccc2CN1C(=O)c1cc2ncc(Br)cn2n1. The Kier molecular flexibility index (Phi) is 3.32. The minimum absolute atomic E-state index is 0.0477. The molecule has 0 saturated heterocycles. The molecule has 1 aliphatic rings. The Hall–Kier alpha value is -1.73. The van der Waals surface area contributed by atoms with Crippen LogP contribution >= 0.6 is 27.3 Å². The third kappa shape index (κ3) is 2.48. The van der Waals surface area contributed by atoms with Gasteiger partial charge < -0.3 is 4.90 Å². The van der Waals surface area contributed by atoms with Crippen molar-refractivity contribution in [2.24, 2.45) is 0 Å². The second-order valence-electron chi connectivity index (χ2n) is 6.35. The van der Waals surface area contributed by atoms with E-state index in [1.807, 2.05) is 4.90 Å². The van der Waals surface area contributed by atoms with Crippen LogP contribution in [0.5, 0.6) is 0 Å². The van der Waals surface area contributed by atoms with Crippen molar-refractivity contribution in [3.8, 4) is 0 Å². The third-order valence-corrected chi connectivity index (χ3v) is 5.61. The summed E-state index contributed by atoms with van der Waals surface area (Å²) in [4.78, 5) is 20.6. The number of fused-ring (bicyclic) bond motifs is 2. The first-order chi connectivity index (χ1) is 10.9. The van der Waals surface area contributed by atoms with Gasteiger partial charge in [0.25, 0.3) is 5.91 Å². The maximum Gasteiger partial charge on any atom is 0.275 e. The summed E-state index contributed by atoms with van der Waals surface area (Å²) in [5, 5.41) is 6.49. The van der Waals surface area contributed by atoms with Gasteiger partial charge in [-0.2, -0.15) is 5.10 Å². The molecule has 118 valence electrons. The summed E-state index contributed by atoms with van der Waals surface area (Å²) in [5.41, 5.74) is 2.12. The number of nitrogens with zero attached hydrogens (tertiary/aromatic N) is 4. The number of carbonyl (C=O) groups is 1. The van der Waals surface area contributed by atoms with Gasteiger partial charge in [-0.15, -0.1) is 11.3 Å². The molecule has 0 bridgehead atoms. The average molecular weight is 391 g/mol. The average Bonchev–Trinajstić information content (AvgIpc) is 3.09. The second kappa shape index (κ2) is 5.14. The standard InChI is InChI=1S/C16H15BrN4OS/c1-16(2)6-13-10(3-4-23-13)8-20(16)15(22)12-5-14-18-7-11(17)9-21(14)19-12/h3-5,7,9H,6,8H2,1-2H3. The number of thiophene rings is 1. The number of hydrogen-bond donors (Lipinski definition) is 0. The van der Waals surface area contributed by atoms with Crippen LogP contribution in [0.3, 0.4) is 0 Å². The number of amides is 1. The molecule has 0 N–H and O–H groups in total. The van der Waals surface area contributed by atoms with E-state index in [1.165, 1.54) is 10.4 Å². The number of carbonyl (C=O) groups excluding carboxylic acids is 1.